The van der Waals surface area contributed by atoms with Crippen molar-refractivity contribution < 1.29 is 15.0 Å². The molecule has 0 aliphatic carbocycles. The SMILES string of the molecule is NC(=O)CC(O)C(O)c1cccc2ncccc12. The Bertz CT molecular complexity index is 566. The maximum Gasteiger partial charge on any atom is 0.220 e. The zero-order valence-electron chi connectivity index (χ0n) is 9.65. The fourth-order valence-electron chi connectivity index (χ4n) is 1.91. The molecule has 1 amide bonds. The molecule has 0 aliphatic rings. The summed E-state index contributed by atoms with van der Waals surface area (Å²) in [6, 6.07) is 8.80. The molecule has 1 aromatic heterocycles. The van der Waals surface area contributed by atoms with Gasteiger partial charge < -0.3 is 15.9 Å². The van der Waals surface area contributed by atoms with Gasteiger partial charge in [0.15, 0.2) is 0 Å². The van der Waals surface area contributed by atoms with Crippen molar-refractivity contribution in [1.82, 2.24) is 4.98 Å². The molecular weight excluding hydrogens is 232 g/mol. The Labute approximate surface area is 104 Å². The minimum Gasteiger partial charge on any atom is -0.390 e. The quantitative estimate of drug-likeness (QED) is 0.732. The number of rotatable bonds is 4. The van der Waals surface area contributed by atoms with Crippen LogP contribution in [0.5, 0.6) is 0 Å². The Kier molecular flexibility index (Phi) is 3.55. The summed E-state index contributed by atoms with van der Waals surface area (Å²) in [7, 11) is 0. The van der Waals surface area contributed by atoms with Gasteiger partial charge in [0.1, 0.15) is 6.10 Å². The number of aliphatic hydroxyl groups is 2. The molecule has 2 atom stereocenters. The first-order valence-corrected chi connectivity index (χ1v) is 5.57. The molecule has 2 rings (SSSR count). The molecule has 0 bridgehead atoms. The van der Waals surface area contributed by atoms with Crippen LogP contribution >= 0.6 is 0 Å². The van der Waals surface area contributed by atoms with E-state index in [0.29, 0.717) is 5.56 Å². The van der Waals surface area contributed by atoms with E-state index in [2.05, 4.69) is 4.98 Å². The third-order valence-electron chi connectivity index (χ3n) is 2.77. The van der Waals surface area contributed by atoms with Gasteiger partial charge in [-0.2, -0.15) is 0 Å². The topological polar surface area (TPSA) is 96.4 Å². The van der Waals surface area contributed by atoms with Crippen LogP contribution in [0.4, 0.5) is 0 Å². The number of hydrogen-bond acceptors (Lipinski definition) is 4. The number of carbonyl (C=O) groups is 1. The van der Waals surface area contributed by atoms with Gasteiger partial charge in [-0.3, -0.25) is 9.78 Å². The van der Waals surface area contributed by atoms with Gasteiger partial charge in [0, 0.05) is 11.6 Å². The Hall–Kier alpha value is -1.98. The highest BCUT2D eigenvalue weighted by molar-refractivity contribution is 5.82. The maximum absolute atomic E-state index is 10.7. The lowest BCUT2D eigenvalue weighted by Crippen LogP contribution is -2.25. The smallest absolute Gasteiger partial charge is 0.220 e. The molecule has 18 heavy (non-hydrogen) atoms. The van der Waals surface area contributed by atoms with E-state index in [4.69, 9.17) is 5.73 Å². The average Bonchev–Trinajstić information content (AvgIpc) is 2.36. The van der Waals surface area contributed by atoms with Crippen LogP contribution in [0.25, 0.3) is 10.9 Å². The van der Waals surface area contributed by atoms with Crippen molar-refractivity contribution in [3.63, 3.8) is 0 Å². The van der Waals surface area contributed by atoms with Gasteiger partial charge >= 0.3 is 0 Å². The highest BCUT2D eigenvalue weighted by Crippen LogP contribution is 2.26. The van der Waals surface area contributed by atoms with Crippen LogP contribution < -0.4 is 5.73 Å². The Morgan fingerprint density at radius 1 is 1.28 bits per heavy atom. The zero-order chi connectivity index (χ0) is 13.1. The number of aliphatic hydroxyl groups excluding tert-OH is 2. The van der Waals surface area contributed by atoms with E-state index >= 15 is 0 Å². The summed E-state index contributed by atoms with van der Waals surface area (Å²) in [5.74, 6) is -0.653. The molecular formula is C13H14N2O3. The van der Waals surface area contributed by atoms with Gasteiger partial charge in [-0.25, -0.2) is 0 Å². The van der Waals surface area contributed by atoms with Crippen LogP contribution in [0.1, 0.15) is 18.1 Å². The minimum absolute atomic E-state index is 0.280. The van der Waals surface area contributed by atoms with E-state index in [1.54, 1.807) is 30.5 Å². The molecule has 0 radical (unpaired) electrons. The van der Waals surface area contributed by atoms with E-state index in [0.717, 1.165) is 10.9 Å². The van der Waals surface area contributed by atoms with Gasteiger partial charge in [-0.1, -0.05) is 18.2 Å². The number of nitrogens with two attached hydrogens (primary N) is 1. The summed E-state index contributed by atoms with van der Waals surface area (Å²) in [4.78, 5) is 14.9. The molecule has 2 aromatic rings. The molecule has 0 spiro atoms. The maximum atomic E-state index is 10.7. The third-order valence-corrected chi connectivity index (χ3v) is 2.77. The molecule has 1 aromatic carbocycles. The monoisotopic (exact) mass is 246 g/mol. The average molecular weight is 246 g/mol. The van der Waals surface area contributed by atoms with E-state index in [1.807, 2.05) is 6.07 Å². The van der Waals surface area contributed by atoms with Crippen LogP contribution in [0.15, 0.2) is 36.5 Å². The summed E-state index contributed by atoms with van der Waals surface area (Å²) in [5.41, 5.74) is 6.26. The molecule has 0 fully saturated rings. The molecule has 5 nitrogen and oxygen atoms in total. The summed E-state index contributed by atoms with van der Waals surface area (Å²) in [6.45, 7) is 0. The normalized spacial score (nSPS) is 14.3. The largest absolute Gasteiger partial charge is 0.390 e. The molecule has 94 valence electrons. The summed E-state index contributed by atoms with van der Waals surface area (Å²) >= 11 is 0. The molecule has 0 saturated carbocycles. The lowest BCUT2D eigenvalue weighted by atomic mass is 9.98. The van der Waals surface area contributed by atoms with E-state index in [-0.39, 0.29) is 6.42 Å². The van der Waals surface area contributed by atoms with Crippen molar-refractivity contribution in [3.8, 4) is 0 Å². The molecule has 1 heterocycles. The van der Waals surface area contributed by atoms with Crippen molar-refractivity contribution in [2.24, 2.45) is 5.73 Å². The second-order valence-electron chi connectivity index (χ2n) is 4.10. The predicted octanol–water partition coefficient (Wildman–Crippen LogP) is 0.504. The highest BCUT2D eigenvalue weighted by Gasteiger charge is 2.21. The number of primary amides is 1. The number of amides is 1. The van der Waals surface area contributed by atoms with Crippen LogP contribution in [-0.2, 0) is 4.79 Å². The third kappa shape index (κ3) is 2.47. The summed E-state index contributed by atoms with van der Waals surface area (Å²) in [5, 5.41) is 20.5. The first-order valence-electron chi connectivity index (χ1n) is 5.57. The first kappa shape index (κ1) is 12.5. The molecule has 4 N–H and O–H groups in total. The van der Waals surface area contributed by atoms with E-state index < -0.39 is 18.1 Å². The standard InChI is InChI=1S/C13H14N2O3/c14-12(17)7-11(16)13(18)9-3-1-5-10-8(9)4-2-6-15-10/h1-6,11,13,16,18H,7H2,(H2,14,17). The Balaban J connectivity index is 2.38. The Morgan fingerprint density at radius 3 is 2.78 bits per heavy atom. The van der Waals surface area contributed by atoms with Gasteiger partial charge in [-0.05, 0) is 17.7 Å². The number of aromatic nitrogens is 1. The second-order valence-corrected chi connectivity index (χ2v) is 4.10. The first-order chi connectivity index (χ1) is 8.59. The van der Waals surface area contributed by atoms with Crippen molar-refractivity contribution >= 4 is 16.8 Å². The van der Waals surface area contributed by atoms with Crippen molar-refractivity contribution in [3.05, 3.63) is 42.1 Å². The van der Waals surface area contributed by atoms with E-state index in [9.17, 15) is 15.0 Å². The minimum atomic E-state index is -1.21. The van der Waals surface area contributed by atoms with Crippen LogP contribution in [0.2, 0.25) is 0 Å². The molecule has 5 heteroatoms. The summed E-state index contributed by atoms with van der Waals surface area (Å²) < 4.78 is 0. The summed E-state index contributed by atoms with van der Waals surface area (Å²) in [6.07, 6.45) is -1.01. The number of pyridine rings is 1. The molecule has 2 unspecified atom stereocenters. The van der Waals surface area contributed by atoms with Gasteiger partial charge in [0.2, 0.25) is 5.91 Å². The number of benzene rings is 1. The van der Waals surface area contributed by atoms with Crippen LogP contribution in [0.3, 0.4) is 0 Å². The second kappa shape index (κ2) is 5.12. The van der Waals surface area contributed by atoms with Crippen molar-refractivity contribution in [2.45, 2.75) is 18.6 Å². The molecule has 0 saturated heterocycles. The predicted molar refractivity (Wildman–Crippen MR) is 66.5 cm³/mol. The van der Waals surface area contributed by atoms with E-state index in [1.165, 1.54) is 0 Å². The lowest BCUT2D eigenvalue weighted by Gasteiger charge is -2.18. The fourth-order valence-corrected chi connectivity index (χ4v) is 1.91. The fraction of sp³-hybridized carbons (Fsp3) is 0.231. The zero-order valence-corrected chi connectivity index (χ0v) is 9.65. The van der Waals surface area contributed by atoms with Gasteiger partial charge in [0.05, 0.1) is 18.0 Å². The number of nitrogens with zero attached hydrogens (tertiary/aromatic N) is 1. The van der Waals surface area contributed by atoms with Crippen molar-refractivity contribution in [2.75, 3.05) is 0 Å². The molecule has 0 aliphatic heterocycles. The van der Waals surface area contributed by atoms with Gasteiger partial charge in [0.25, 0.3) is 0 Å². The van der Waals surface area contributed by atoms with Crippen LogP contribution in [0, 0.1) is 0 Å². The Morgan fingerprint density at radius 2 is 2.06 bits per heavy atom. The van der Waals surface area contributed by atoms with Crippen molar-refractivity contribution in [1.29, 1.82) is 0 Å². The lowest BCUT2D eigenvalue weighted by molar-refractivity contribution is -0.121. The van der Waals surface area contributed by atoms with Gasteiger partial charge in [-0.15, -0.1) is 0 Å². The number of fused-ring (bicyclic) bond motifs is 1. The number of carbonyl (C=O) groups excluding carboxylic acids is 1. The highest BCUT2D eigenvalue weighted by atomic mass is 16.3. The number of hydrogen-bond donors (Lipinski definition) is 3. The van der Waals surface area contributed by atoms with Crippen LogP contribution in [-0.4, -0.2) is 27.2 Å².